The Morgan fingerprint density at radius 2 is 2.22 bits per heavy atom. The SMILES string of the molecule is CC(CCc1ccco1)Nc1ccc(O)c(F)c1. The maximum atomic E-state index is 13.1. The Hall–Kier alpha value is -1.97. The smallest absolute Gasteiger partial charge is 0.166 e. The van der Waals surface area contributed by atoms with Gasteiger partial charge in [-0.05, 0) is 37.6 Å². The van der Waals surface area contributed by atoms with Crippen molar-refractivity contribution < 1.29 is 13.9 Å². The van der Waals surface area contributed by atoms with Crippen LogP contribution in [0.3, 0.4) is 0 Å². The minimum absolute atomic E-state index is 0.194. The van der Waals surface area contributed by atoms with Crippen molar-refractivity contribution in [2.75, 3.05) is 5.32 Å². The highest BCUT2D eigenvalue weighted by Crippen LogP contribution is 2.20. The number of hydrogen-bond acceptors (Lipinski definition) is 3. The number of nitrogens with one attached hydrogen (secondary N) is 1. The fourth-order valence-corrected chi connectivity index (χ4v) is 1.77. The van der Waals surface area contributed by atoms with Crippen LogP contribution in [0, 0.1) is 5.82 Å². The molecule has 1 unspecified atom stereocenters. The summed E-state index contributed by atoms with van der Waals surface area (Å²) in [5.74, 6) is 0.00237. The number of anilines is 1. The first-order valence-electron chi connectivity index (χ1n) is 5.92. The normalized spacial score (nSPS) is 12.3. The van der Waals surface area contributed by atoms with Crippen LogP contribution in [0.4, 0.5) is 10.1 Å². The van der Waals surface area contributed by atoms with Gasteiger partial charge in [0, 0.05) is 24.2 Å². The summed E-state index contributed by atoms with van der Waals surface area (Å²) in [6.45, 7) is 2.02. The lowest BCUT2D eigenvalue weighted by molar-refractivity contribution is 0.432. The third-order valence-electron chi connectivity index (χ3n) is 2.76. The monoisotopic (exact) mass is 249 g/mol. The lowest BCUT2D eigenvalue weighted by Crippen LogP contribution is -2.15. The average molecular weight is 249 g/mol. The molecule has 0 fully saturated rings. The highest BCUT2D eigenvalue weighted by atomic mass is 19.1. The van der Waals surface area contributed by atoms with Gasteiger partial charge in [0.1, 0.15) is 5.76 Å². The van der Waals surface area contributed by atoms with E-state index < -0.39 is 5.82 Å². The predicted molar refractivity (Wildman–Crippen MR) is 68.2 cm³/mol. The van der Waals surface area contributed by atoms with Crippen LogP contribution in [0.5, 0.6) is 5.75 Å². The number of halogens is 1. The van der Waals surface area contributed by atoms with Gasteiger partial charge in [-0.2, -0.15) is 0 Å². The van der Waals surface area contributed by atoms with Crippen LogP contribution in [0.2, 0.25) is 0 Å². The second-order valence-electron chi connectivity index (χ2n) is 4.33. The minimum atomic E-state index is -0.613. The molecule has 2 N–H and O–H groups in total. The van der Waals surface area contributed by atoms with Gasteiger partial charge in [-0.3, -0.25) is 0 Å². The molecule has 3 nitrogen and oxygen atoms in total. The summed E-state index contributed by atoms with van der Waals surface area (Å²) in [6, 6.07) is 8.28. The minimum Gasteiger partial charge on any atom is -0.505 e. The van der Waals surface area contributed by atoms with Gasteiger partial charge >= 0.3 is 0 Å². The Labute approximate surface area is 105 Å². The highest BCUT2D eigenvalue weighted by Gasteiger charge is 2.06. The summed E-state index contributed by atoms with van der Waals surface area (Å²) in [7, 11) is 0. The van der Waals surface area contributed by atoms with Gasteiger partial charge < -0.3 is 14.8 Å². The van der Waals surface area contributed by atoms with Crippen LogP contribution in [0.15, 0.2) is 41.0 Å². The van der Waals surface area contributed by atoms with Crippen LogP contribution < -0.4 is 5.32 Å². The fraction of sp³-hybridized carbons (Fsp3) is 0.286. The number of benzene rings is 1. The van der Waals surface area contributed by atoms with Crippen molar-refractivity contribution in [3.8, 4) is 5.75 Å². The van der Waals surface area contributed by atoms with Gasteiger partial charge in [-0.15, -0.1) is 0 Å². The second kappa shape index (κ2) is 5.58. The Morgan fingerprint density at radius 1 is 1.39 bits per heavy atom. The molecule has 0 saturated heterocycles. The quantitative estimate of drug-likeness (QED) is 0.796. The maximum absolute atomic E-state index is 13.1. The van der Waals surface area contributed by atoms with Crippen LogP contribution in [-0.4, -0.2) is 11.1 Å². The van der Waals surface area contributed by atoms with Crippen LogP contribution in [-0.2, 0) is 6.42 Å². The Bertz CT molecular complexity index is 497. The predicted octanol–water partition coefficient (Wildman–Crippen LogP) is 3.56. The molecule has 0 aliphatic rings. The molecule has 1 atom stereocenters. The number of furan rings is 1. The Kier molecular flexibility index (Phi) is 3.87. The largest absolute Gasteiger partial charge is 0.505 e. The molecule has 0 spiro atoms. The van der Waals surface area contributed by atoms with Crippen molar-refractivity contribution in [2.24, 2.45) is 0 Å². The zero-order valence-electron chi connectivity index (χ0n) is 10.2. The average Bonchev–Trinajstić information content (AvgIpc) is 2.84. The molecule has 0 radical (unpaired) electrons. The van der Waals surface area contributed by atoms with E-state index in [1.54, 1.807) is 12.3 Å². The topological polar surface area (TPSA) is 45.4 Å². The van der Waals surface area contributed by atoms with E-state index in [0.29, 0.717) is 5.69 Å². The van der Waals surface area contributed by atoms with E-state index in [1.165, 1.54) is 12.1 Å². The number of hydrogen-bond donors (Lipinski definition) is 2. The first kappa shape index (κ1) is 12.5. The van der Waals surface area contributed by atoms with Crippen LogP contribution >= 0.6 is 0 Å². The lowest BCUT2D eigenvalue weighted by Gasteiger charge is -2.14. The van der Waals surface area contributed by atoms with Gasteiger partial charge in [0.15, 0.2) is 11.6 Å². The number of phenolic OH excluding ortho intramolecular Hbond substituents is 1. The molecule has 1 aromatic heterocycles. The van der Waals surface area contributed by atoms with Crippen molar-refractivity contribution in [1.82, 2.24) is 0 Å². The summed E-state index contributed by atoms with van der Waals surface area (Å²) in [5, 5.41) is 12.3. The van der Waals surface area contributed by atoms with E-state index in [9.17, 15) is 4.39 Å². The van der Waals surface area contributed by atoms with Crippen molar-refractivity contribution in [1.29, 1.82) is 0 Å². The van der Waals surface area contributed by atoms with Crippen molar-refractivity contribution >= 4 is 5.69 Å². The standard InChI is InChI=1S/C14H16FNO2/c1-10(4-6-12-3-2-8-18-12)16-11-5-7-14(17)13(15)9-11/h2-3,5,7-10,16-17H,4,6H2,1H3. The first-order chi connectivity index (χ1) is 8.65. The molecule has 0 saturated carbocycles. The molecule has 0 aliphatic heterocycles. The molecular formula is C14H16FNO2. The summed E-state index contributed by atoms with van der Waals surface area (Å²) >= 11 is 0. The Balaban J connectivity index is 1.86. The summed E-state index contributed by atoms with van der Waals surface area (Å²) in [4.78, 5) is 0. The molecule has 0 aliphatic carbocycles. The van der Waals surface area contributed by atoms with Crippen LogP contribution in [0.25, 0.3) is 0 Å². The fourth-order valence-electron chi connectivity index (χ4n) is 1.77. The summed E-state index contributed by atoms with van der Waals surface area (Å²) < 4.78 is 18.4. The molecule has 0 bridgehead atoms. The van der Waals surface area contributed by atoms with Crippen molar-refractivity contribution in [2.45, 2.75) is 25.8 Å². The van der Waals surface area contributed by atoms with Gasteiger partial charge in [0.25, 0.3) is 0 Å². The Morgan fingerprint density at radius 3 is 2.89 bits per heavy atom. The van der Waals surface area contributed by atoms with Gasteiger partial charge in [-0.25, -0.2) is 4.39 Å². The summed E-state index contributed by atoms with van der Waals surface area (Å²) in [5.41, 5.74) is 0.664. The molecule has 18 heavy (non-hydrogen) atoms. The molecule has 1 aromatic carbocycles. The third-order valence-corrected chi connectivity index (χ3v) is 2.76. The third kappa shape index (κ3) is 3.26. The van der Waals surface area contributed by atoms with Gasteiger partial charge in [0.05, 0.1) is 6.26 Å². The molecule has 2 aromatic rings. The zero-order chi connectivity index (χ0) is 13.0. The molecular weight excluding hydrogens is 233 g/mol. The van der Waals surface area contributed by atoms with E-state index in [0.717, 1.165) is 18.6 Å². The molecule has 1 heterocycles. The van der Waals surface area contributed by atoms with Crippen molar-refractivity contribution in [3.63, 3.8) is 0 Å². The molecule has 0 amide bonds. The van der Waals surface area contributed by atoms with Crippen LogP contribution in [0.1, 0.15) is 19.1 Å². The highest BCUT2D eigenvalue weighted by molar-refractivity contribution is 5.47. The first-order valence-corrected chi connectivity index (χ1v) is 5.92. The molecule has 4 heteroatoms. The number of aryl methyl sites for hydroxylation is 1. The van der Waals surface area contributed by atoms with Gasteiger partial charge in [-0.1, -0.05) is 0 Å². The number of aromatic hydroxyl groups is 1. The lowest BCUT2D eigenvalue weighted by atomic mass is 10.1. The second-order valence-corrected chi connectivity index (χ2v) is 4.33. The van der Waals surface area contributed by atoms with E-state index >= 15 is 0 Å². The van der Waals surface area contributed by atoms with Gasteiger partial charge in [0.2, 0.25) is 0 Å². The maximum Gasteiger partial charge on any atom is 0.166 e. The van der Waals surface area contributed by atoms with E-state index in [2.05, 4.69) is 5.32 Å². The zero-order valence-corrected chi connectivity index (χ0v) is 10.2. The van der Waals surface area contributed by atoms with E-state index in [4.69, 9.17) is 9.52 Å². The number of rotatable bonds is 5. The number of phenols is 1. The van der Waals surface area contributed by atoms with Crippen molar-refractivity contribution in [3.05, 3.63) is 48.2 Å². The molecule has 96 valence electrons. The summed E-state index contributed by atoms with van der Waals surface area (Å²) in [6.07, 6.45) is 3.38. The molecule has 2 rings (SSSR count). The van der Waals surface area contributed by atoms with E-state index in [1.807, 2.05) is 19.1 Å². The van der Waals surface area contributed by atoms with E-state index in [-0.39, 0.29) is 11.8 Å².